The van der Waals surface area contributed by atoms with Gasteiger partial charge in [0.15, 0.2) is 5.82 Å². The molecule has 0 radical (unpaired) electrons. The first-order valence-electron chi connectivity index (χ1n) is 15.6. The van der Waals surface area contributed by atoms with Crippen LogP contribution >= 0.6 is 0 Å². The number of likely N-dealkylation sites (tertiary alicyclic amines) is 1. The summed E-state index contributed by atoms with van der Waals surface area (Å²) in [6.07, 6.45) is 6.70. The second-order valence-corrected chi connectivity index (χ2v) is 13.5. The van der Waals surface area contributed by atoms with Crippen LogP contribution in [0.1, 0.15) is 56.1 Å². The largest absolute Gasteiger partial charge is 0.342 e. The number of piperidine rings is 1. The van der Waals surface area contributed by atoms with Gasteiger partial charge in [-0.25, -0.2) is 4.98 Å². The quantitative estimate of drug-likeness (QED) is 0.455. The standard InChI is InChI=1S/C34H39N9O3/c1-33(2,3)22-43-30-25(20-37-28(19-35)39-30)18-24-7-5-6-8-27(24)42(43)21-29(44)41-15-11-34(12-16-41)32(46)38-26(31(45)40(34)4)17-23-9-13-36-14-10-23/h5-10,13-14,20,26H,11-12,15-18,21-22H2,1-4H3,(H,38,46). The van der Waals surface area contributed by atoms with Crippen molar-refractivity contribution >= 4 is 29.2 Å². The second kappa shape index (κ2) is 12.0. The van der Waals surface area contributed by atoms with E-state index < -0.39 is 11.6 Å². The molecule has 46 heavy (non-hydrogen) atoms. The van der Waals surface area contributed by atoms with Crippen molar-refractivity contribution in [1.82, 2.24) is 30.1 Å². The fourth-order valence-corrected chi connectivity index (χ4v) is 6.70. The topological polar surface area (TPSA) is 139 Å². The monoisotopic (exact) mass is 621 g/mol. The van der Waals surface area contributed by atoms with Crippen LogP contribution in [0.4, 0.5) is 11.5 Å². The van der Waals surface area contributed by atoms with Gasteiger partial charge in [0.25, 0.3) is 0 Å². The van der Waals surface area contributed by atoms with Crippen molar-refractivity contribution in [3.63, 3.8) is 0 Å². The Kier molecular flexibility index (Phi) is 8.10. The molecular formula is C34H39N9O3. The Morgan fingerprint density at radius 1 is 1.07 bits per heavy atom. The number of amides is 3. The Morgan fingerprint density at radius 2 is 1.78 bits per heavy atom. The fraction of sp³-hybridized carbons (Fsp3) is 0.441. The molecule has 0 saturated carbocycles. The van der Waals surface area contributed by atoms with Crippen molar-refractivity contribution in [3.05, 3.63) is 77.5 Å². The molecule has 1 aromatic carbocycles. The fourth-order valence-electron chi connectivity index (χ4n) is 6.70. The number of fused-ring (bicyclic) bond motifs is 2. The number of nitrogens with zero attached hydrogens (tertiary/aromatic N) is 8. The van der Waals surface area contributed by atoms with Gasteiger partial charge in [0.1, 0.15) is 24.2 Å². The third-order valence-corrected chi connectivity index (χ3v) is 9.17. The van der Waals surface area contributed by atoms with Crippen molar-refractivity contribution in [3.8, 4) is 6.07 Å². The van der Waals surface area contributed by atoms with Crippen LogP contribution in [-0.4, -0.2) is 87.3 Å². The van der Waals surface area contributed by atoms with Gasteiger partial charge in [0.2, 0.25) is 23.5 Å². The van der Waals surface area contributed by atoms with Gasteiger partial charge in [-0.1, -0.05) is 39.0 Å². The summed E-state index contributed by atoms with van der Waals surface area (Å²) in [5.74, 6) is 0.283. The third-order valence-electron chi connectivity index (χ3n) is 9.17. The van der Waals surface area contributed by atoms with Crippen LogP contribution in [0.15, 0.2) is 55.0 Å². The van der Waals surface area contributed by atoms with Crippen LogP contribution in [0, 0.1) is 16.7 Å². The molecule has 6 rings (SSSR count). The Balaban J connectivity index is 1.22. The van der Waals surface area contributed by atoms with Crippen molar-refractivity contribution in [1.29, 1.82) is 5.26 Å². The van der Waals surface area contributed by atoms with E-state index in [0.29, 0.717) is 51.1 Å². The van der Waals surface area contributed by atoms with E-state index in [9.17, 15) is 19.6 Å². The SMILES string of the molecule is CN1C(=O)C(Cc2ccncc2)NC(=O)C12CCN(C(=O)CN1c3ccccc3Cc3cnc(C#N)nc3N1CC(C)(C)C)CC2. The lowest BCUT2D eigenvalue weighted by Gasteiger charge is -2.50. The number of carbonyl (C=O) groups is 3. The van der Waals surface area contributed by atoms with Crippen LogP contribution < -0.4 is 15.3 Å². The number of rotatable bonds is 5. The summed E-state index contributed by atoms with van der Waals surface area (Å²) in [6.45, 7) is 7.62. The third kappa shape index (κ3) is 5.85. The van der Waals surface area contributed by atoms with E-state index in [0.717, 1.165) is 22.4 Å². The zero-order chi connectivity index (χ0) is 32.6. The van der Waals surface area contributed by atoms with Crippen LogP contribution in [0.5, 0.6) is 0 Å². The van der Waals surface area contributed by atoms with Crippen molar-refractivity contribution in [2.24, 2.45) is 5.41 Å². The average Bonchev–Trinajstić information content (AvgIpc) is 3.16. The number of pyridine rings is 1. The average molecular weight is 622 g/mol. The molecule has 1 unspecified atom stereocenters. The molecule has 3 aliphatic rings. The predicted octanol–water partition coefficient (Wildman–Crippen LogP) is 2.48. The Hall–Kier alpha value is -5.05. The molecule has 2 fully saturated rings. The minimum absolute atomic E-state index is 0.0421. The second-order valence-electron chi connectivity index (χ2n) is 13.5. The molecule has 5 heterocycles. The number of para-hydroxylation sites is 1. The number of likely N-dealkylation sites (N-methyl/N-ethyl adjacent to an activating group) is 1. The van der Waals surface area contributed by atoms with Crippen molar-refractivity contribution in [2.75, 3.05) is 43.2 Å². The zero-order valence-corrected chi connectivity index (χ0v) is 26.7. The number of anilines is 2. The predicted molar refractivity (Wildman–Crippen MR) is 171 cm³/mol. The maximum absolute atomic E-state index is 14.1. The highest BCUT2D eigenvalue weighted by molar-refractivity contribution is 6.00. The van der Waals surface area contributed by atoms with Gasteiger partial charge in [0.05, 0.1) is 5.69 Å². The summed E-state index contributed by atoms with van der Waals surface area (Å²) in [5.41, 5.74) is 2.55. The lowest BCUT2D eigenvalue weighted by Crippen LogP contribution is -2.72. The minimum Gasteiger partial charge on any atom is -0.342 e. The summed E-state index contributed by atoms with van der Waals surface area (Å²) in [7, 11) is 1.70. The van der Waals surface area contributed by atoms with Gasteiger partial charge in [-0.3, -0.25) is 29.4 Å². The van der Waals surface area contributed by atoms with E-state index in [-0.39, 0.29) is 35.5 Å². The highest BCUT2D eigenvalue weighted by Crippen LogP contribution is 2.37. The number of hydrazine groups is 1. The smallest absolute Gasteiger partial charge is 0.246 e. The molecule has 3 amide bonds. The minimum atomic E-state index is -1.00. The van der Waals surface area contributed by atoms with E-state index in [4.69, 9.17) is 0 Å². The Labute approximate surface area is 269 Å². The van der Waals surface area contributed by atoms with E-state index in [1.54, 1.807) is 35.4 Å². The van der Waals surface area contributed by atoms with Crippen LogP contribution in [0.3, 0.4) is 0 Å². The number of piperazine rings is 1. The molecule has 238 valence electrons. The zero-order valence-electron chi connectivity index (χ0n) is 26.7. The molecule has 2 saturated heterocycles. The number of nitrogens with one attached hydrogen (secondary N) is 1. The van der Waals surface area contributed by atoms with Gasteiger partial charge in [-0.05, 0) is 47.6 Å². The summed E-state index contributed by atoms with van der Waals surface area (Å²) >= 11 is 0. The van der Waals surface area contributed by atoms with Crippen LogP contribution in [-0.2, 0) is 27.2 Å². The van der Waals surface area contributed by atoms with Gasteiger partial charge in [-0.2, -0.15) is 10.2 Å². The molecule has 0 aliphatic carbocycles. The van der Waals surface area contributed by atoms with Gasteiger partial charge < -0.3 is 15.1 Å². The Bertz CT molecular complexity index is 1690. The molecule has 1 N–H and O–H groups in total. The molecule has 12 heteroatoms. The normalized spacial score (nSPS) is 19.2. The van der Waals surface area contributed by atoms with Crippen molar-refractivity contribution in [2.45, 2.75) is 58.0 Å². The molecule has 12 nitrogen and oxygen atoms in total. The van der Waals surface area contributed by atoms with E-state index in [1.807, 2.05) is 46.4 Å². The molecule has 2 aromatic heterocycles. The van der Waals surface area contributed by atoms with Crippen molar-refractivity contribution < 1.29 is 14.4 Å². The number of hydrogen-bond acceptors (Lipinski definition) is 9. The molecule has 1 spiro atoms. The molecule has 0 bridgehead atoms. The van der Waals surface area contributed by atoms with E-state index in [2.05, 4.69) is 47.1 Å². The maximum Gasteiger partial charge on any atom is 0.246 e. The number of carbonyl (C=O) groups excluding carboxylic acids is 3. The number of aromatic nitrogens is 3. The number of benzene rings is 1. The van der Waals surface area contributed by atoms with Gasteiger partial charge in [0, 0.05) is 63.7 Å². The number of nitriles is 1. The van der Waals surface area contributed by atoms with Crippen LogP contribution in [0.25, 0.3) is 0 Å². The maximum atomic E-state index is 14.1. The summed E-state index contributed by atoms with van der Waals surface area (Å²) in [5, 5.41) is 16.6. The number of hydrogen-bond donors (Lipinski definition) is 1. The highest BCUT2D eigenvalue weighted by Gasteiger charge is 2.52. The lowest BCUT2D eigenvalue weighted by atomic mass is 9.81. The molecule has 3 aromatic rings. The molecule has 1 atom stereocenters. The summed E-state index contributed by atoms with van der Waals surface area (Å²) in [4.78, 5) is 57.4. The first-order valence-corrected chi connectivity index (χ1v) is 15.6. The lowest BCUT2D eigenvalue weighted by molar-refractivity contribution is -0.159. The first kappa shape index (κ1) is 31.0. The van der Waals surface area contributed by atoms with Crippen LogP contribution in [0.2, 0.25) is 0 Å². The summed E-state index contributed by atoms with van der Waals surface area (Å²) in [6, 6.07) is 13.1. The Morgan fingerprint density at radius 3 is 2.48 bits per heavy atom. The van der Waals surface area contributed by atoms with E-state index >= 15 is 0 Å². The summed E-state index contributed by atoms with van der Waals surface area (Å²) < 4.78 is 0. The highest BCUT2D eigenvalue weighted by atomic mass is 16.2. The molecular weight excluding hydrogens is 582 g/mol. The molecule has 3 aliphatic heterocycles. The van der Waals surface area contributed by atoms with Gasteiger partial charge in [-0.15, -0.1) is 0 Å². The van der Waals surface area contributed by atoms with E-state index in [1.165, 1.54) is 0 Å². The van der Waals surface area contributed by atoms with Gasteiger partial charge >= 0.3 is 0 Å². The first-order chi connectivity index (χ1) is 22.0.